The normalized spacial score (nSPS) is 18.8. The zero-order chi connectivity index (χ0) is 6.78. The minimum Gasteiger partial charge on any atom is -0.205 e. The number of hydrogen-bond acceptors (Lipinski definition) is 2. The number of hydroxylamine groups is 2. The average Bonchev–Trinajstić information content (AvgIpc) is 1.67. The maximum absolute atomic E-state index is 9.20. The van der Waals surface area contributed by atoms with E-state index < -0.39 is 0 Å². The van der Waals surface area contributed by atoms with Crippen molar-refractivity contribution in [3.63, 3.8) is 0 Å². The van der Waals surface area contributed by atoms with Crippen molar-refractivity contribution in [1.82, 2.24) is 0 Å². The molecule has 0 unspecified atom stereocenters. The third-order valence-corrected chi connectivity index (χ3v) is 2.04. The number of quaternary nitrogens is 1. The predicted molar refractivity (Wildman–Crippen MR) is 36.7 cm³/mol. The smallest absolute Gasteiger partial charge is 0.125 e. The van der Waals surface area contributed by atoms with Crippen LogP contribution in [0.4, 0.5) is 0 Å². The Morgan fingerprint density at radius 2 is 2.00 bits per heavy atom. The molecule has 0 fully saturated rings. The van der Waals surface area contributed by atoms with Crippen LogP contribution in [0.5, 0.6) is 0 Å². The summed E-state index contributed by atoms with van der Waals surface area (Å²) in [7, 11) is 0. The van der Waals surface area contributed by atoms with E-state index in [-0.39, 0.29) is 10.1 Å². The van der Waals surface area contributed by atoms with Crippen molar-refractivity contribution in [3.8, 4) is 0 Å². The zero-order valence-electron chi connectivity index (χ0n) is 5.63. The van der Waals surface area contributed by atoms with Gasteiger partial charge in [-0.1, -0.05) is 0 Å². The van der Waals surface area contributed by atoms with Gasteiger partial charge < -0.3 is 0 Å². The van der Waals surface area contributed by atoms with Gasteiger partial charge in [-0.2, -0.15) is 0 Å². The highest BCUT2D eigenvalue weighted by atomic mass is 32.1. The van der Waals surface area contributed by atoms with E-state index in [1.165, 1.54) is 0 Å². The first-order valence-corrected chi connectivity index (χ1v) is 3.24. The van der Waals surface area contributed by atoms with E-state index in [1.54, 1.807) is 0 Å². The molecular formula is C5H14NOS+. The summed E-state index contributed by atoms with van der Waals surface area (Å²) in [6.07, 6.45) is 0. The Labute approximate surface area is 56.2 Å². The third kappa shape index (κ3) is 2.03. The Morgan fingerprint density at radius 1 is 1.62 bits per heavy atom. The minimum atomic E-state index is -0.181. The van der Waals surface area contributed by atoms with Gasteiger partial charge in [-0.3, -0.25) is 0 Å². The number of thiol groups is 1. The molecule has 0 aromatic rings. The molecule has 0 aromatic heterocycles. The van der Waals surface area contributed by atoms with Crippen LogP contribution in [0.1, 0.15) is 20.8 Å². The van der Waals surface area contributed by atoms with Gasteiger partial charge in [0.15, 0.2) is 0 Å². The van der Waals surface area contributed by atoms with Gasteiger partial charge in [0.05, 0.1) is 12.8 Å². The molecule has 0 radical (unpaired) electrons. The third-order valence-electron chi connectivity index (χ3n) is 1.29. The lowest BCUT2D eigenvalue weighted by molar-refractivity contribution is -1.01. The van der Waals surface area contributed by atoms with Gasteiger partial charge in [-0.25, -0.2) is 5.21 Å². The molecule has 1 atom stereocenters. The lowest BCUT2D eigenvalue weighted by Gasteiger charge is -2.24. The fraction of sp³-hybridized carbons (Fsp3) is 1.00. The second-order valence-electron chi connectivity index (χ2n) is 2.20. The molecular weight excluding hydrogens is 122 g/mol. The Bertz CT molecular complexity index is 72.8. The van der Waals surface area contributed by atoms with Gasteiger partial charge in [0.1, 0.15) is 12.6 Å². The van der Waals surface area contributed by atoms with Crippen LogP contribution in [0.2, 0.25) is 0 Å². The van der Waals surface area contributed by atoms with E-state index in [9.17, 15) is 5.21 Å². The first-order chi connectivity index (χ1) is 3.50. The van der Waals surface area contributed by atoms with Crippen LogP contribution in [-0.4, -0.2) is 21.8 Å². The topological polar surface area (TPSA) is 20.2 Å². The maximum Gasteiger partial charge on any atom is 0.125 e. The Morgan fingerprint density at radius 3 is 2.00 bits per heavy atom. The molecule has 0 spiro atoms. The van der Waals surface area contributed by atoms with Crippen LogP contribution in [0.15, 0.2) is 0 Å². The Kier molecular flexibility index (Phi) is 2.80. The molecule has 0 amide bonds. The van der Waals surface area contributed by atoms with E-state index in [2.05, 4.69) is 12.8 Å². The van der Waals surface area contributed by atoms with Crippen LogP contribution in [0.25, 0.3) is 0 Å². The van der Waals surface area contributed by atoms with Crippen molar-refractivity contribution in [2.75, 3.05) is 6.54 Å². The van der Waals surface area contributed by atoms with Gasteiger partial charge in [0.2, 0.25) is 0 Å². The number of nitrogens with zero attached hydrogens (tertiary/aromatic N) is 1. The fourth-order valence-electron chi connectivity index (χ4n) is 0.365. The van der Waals surface area contributed by atoms with E-state index >= 15 is 0 Å². The summed E-state index contributed by atoms with van der Waals surface area (Å²) in [5.41, 5.74) is 0. The molecule has 0 bridgehead atoms. The summed E-state index contributed by atoms with van der Waals surface area (Å²) in [5.74, 6) is 0. The first kappa shape index (κ1) is 8.27. The largest absolute Gasteiger partial charge is 0.205 e. The van der Waals surface area contributed by atoms with Crippen LogP contribution >= 0.6 is 12.8 Å². The molecule has 0 saturated heterocycles. The van der Waals surface area contributed by atoms with Crippen LogP contribution in [0, 0.1) is 0 Å². The molecule has 50 valence electrons. The standard InChI is InChI=1S/C5H14NOS/c1-4-6(7,8)5(2)3/h5,7-8H,4H2,1-3H3/q+1/t6-/m0/s1. The van der Waals surface area contributed by atoms with E-state index in [0.717, 1.165) is 0 Å². The Hall–Kier alpha value is 0.270. The SMILES string of the molecule is CC[N@+](O)(S)C(C)C. The summed E-state index contributed by atoms with van der Waals surface area (Å²) in [4.78, 5) is 0. The molecule has 8 heavy (non-hydrogen) atoms. The van der Waals surface area contributed by atoms with Crippen molar-refractivity contribution in [1.29, 1.82) is 0 Å². The quantitative estimate of drug-likeness (QED) is 0.334. The second-order valence-corrected chi connectivity index (χ2v) is 2.89. The molecule has 0 saturated carbocycles. The van der Waals surface area contributed by atoms with Gasteiger partial charge in [0.25, 0.3) is 0 Å². The molecule has 3 heteroatoms. The summed E-state index contributed by atoms with van der Waals surface area (Å²) < 4.78 is -0.181. The van der Waals surface area contributed by atoms with Crippen molar-refractivity contribution in [2.45, 2.75) is 26.8 Å². The second kappa shape index (κ2) is 2.71. The minimum absolute atomic E-state index is 0.170. The fourth-order valence-corrected chi connectivity index (χ4v) is 0.365. The molecule has 0 aliphatic carbocycles. The molecule has 1 N–H and O–H groups in total. The first-order valence-electron chi connectivity index (χ1n) is 2.84. The van der Waals surface area contributed by atoms with E-state index in [0.29, 0.717) is 6.54 Å². The highest BCUT2D eigenvalue weighted by Crippen LogP contribution is 2.11. The van der Waals surface area contributed by atoms with Crippen LogP contribution in [-0.2, 0) is 0 Å². The lowest BCUT2D eigenvalue weighted by atomic mass is 10.4. The maximum atomic E-state index is 9.20. The monoisotopic (exact) mass is 136 g/mol. The molecule has 0 aliphatic heterocycles. The summed E-state index contributed by atoms with van der Waals surface area (Å²) >= 11 is 3.97. The molecule has 0 rings (SSSR count). The lowest BCUT2D eigenvalue weighted by Crippen LogP contribution is -2.40. The molecule has 0 heterocycles. The molecule has 2 nitrogen and oxygen atoms in total. The molecule has 0 aliphatic rings. The van der Waals surface area contributed by atoms with Gasteiger partial charge in [0, 0.05) is 0 Å². The van der Waals surface area contributed by atoms with Crippen molar-refractivity contribution in [2.24, 2.45) is 0 Å². The van der Waals surface area contributed by atoms with Gasteiger partial charge in [-0.15, -0.1) is 4.05 Å². The molecule has 0 aromatic carbocycles. The highest BCUT2D eigenvalue weighted by Gasteiger charge is 2.22. The highest BCUT2D eigenvalue weighted by molar-refractivity contribution is 7.74. The Balaban J connectivity index is 3.71. The number of hydrogen-bond donors (Lipinski definition) is 2. The predicted octanol–water partition coefficient (Wildman–Crippen LogP) is 1.47. The van der Waals surface area contributed by atoms with Crippen molar-refractivity contribution >= 4 is 12.8 Å². The van der Waals surface area contributed by atoms with E-state index in [1.807, 2.05) is 20.8 Å². The van der Waals surface area contributed by atoms with Crippen LogP contribution < -0.4 is 0 Å². The summed E-state index contributed by atoms with van der Waals surface area (Å²) in [6, 6.07) is 0.170. The summed E-state index contributed by atoms with van der Waals surface area (Å²) in [6.45, 7) is 6.39. The van der Waals surface area contributed by atoms with Crippen molar-refractivity contribution < 1.29 is 9.26 Å². The summed E-state index contributed by atoms with van der Waals surface area (Å²) in [5, 5.41) is 9.20. The number of rotatable bonds is 2. The van der Waals surface area contributed by atoms with Gasteiger partial charge >= 0.3 is 0 Å². The van der Waals surface area contributed by atoms with Gasteiger partial charge in [-0.05, 0) is 20.8 Å². The van der Waals surface area contributed by atoms with E-state index in [4.69, 9.17) is 0 Å². The van der Waals surface area contributed by atoms with Crippen LogP contribution in [0.3, 0.4) is 0 Å². The average molecular weight is 136 g/mol. The zero-order valence-corrected chi connectivity index (χ0v) is 6.52. The van der Waals surface area contributed by atoms with Crippen molar-refractivity contribution in [3.05, 3.63) is 0 Å².